The van der Waals surface area contributed by atoms with Crippen LogP contribution in [0.15, 0.2) is 54.6 Å². The molecule has 0 bridgehead atoms. The summed E-state index contributed by atoms with van der Waals surface area (Å²) in [4.78, 5) is 275. The summed E-state index contributed by atoms with van der Waals surface area (Å²) < 4.78 is 0. The molecule has 18 amide bonds. The molecule has 54 heteroatoms. The van der Waals surface area contributed by atoms with Gasteiger partial charge in [0.2, 0.25) is 106 Å². The molecule has 20 atom stereocenters. The highest BCUT2D eigenvalue weighted by Crippen LogP contribution is 2.18. The minimum absolute atomic E-state index is 0.0192. The molecule has 0 spiro atoms. The molecule has 2 rings (SSSR count). The Hall–Kier alpha value is -13.7. The van der Waals surface area contributed by atoms with Crippen molar-refractivity contribution in [2.24, 2.45) is 35.0 Å². The second kappa shape index (κ2) is 66.3. The van der Waals surface area contributed by atoms with Crippen LogP contribution >= 0.6 is 11.8 Å². The summed E-state index contributed by atoms with van der Waals surface area (Å²) in [5, 5.41) is 146. The number of benzene rings is 2. The minimum atomic E-state index is -2.04. The Kier molecular flexibility index (Phi) is 58.2. The van der Waals surface area contributed by atoms with Gasteiger partial charge in [-0.05, 0) is 165 Å². The van der Waals surface area contributed by atoms with Crippen LogP contribution in [0.2, 0.25) is 0 Å². The molecular weight excluding hydrogens is 1920 g/mol. The maximum absolute atomic E-state index is 14.7. The van der Waals surface area contributed by atoms with Gasteiger partial charge in [-0.25, -0.2) is 4.79 Å². The number of carbonyl (C=O) groups excluding carboxylic acids is 18. The average molecular weight is 2070 g/mol. The van der Waals surface area contributed by atoms with Crippen LogP contribution in [-0.4, -0.2) is 343 Å². The van der Waals surface area contributed by atoms with E-state index in [2.05, 4.69) is 106 Å². The van der Waals surface area contributed by atoms with Crippen molar-refractivity contribution in [3.05, 3.63) is 65.7 Å². The highest BCUT2D eigenvalue weighted by Gasteiger charge is 2.41. The molecule has 0 aliphatic carbocycles. The van der Waals surface area contributed by atoms with Crippen molar-refractivity contribution >= 4 is 142 Å². The number of carboxylic acid groups (broad SMARTS) is 2. The molecule has 0 saturated carbocycles. The van der Waals surface area contributed by atoms with Gasteiger partial charge in [-0.1, -0.05) is 84.0 Å². The van der Waals surface area contributed by atoms with Crippen LogP contribution in [0.5, 0.6) is 5.75 Å². The minimum Gasteiger partial charge on any atom is -0.508 e. The highest BCUT2D eigenvalue weighted by atomic mass is 32.2. The number of carbonyl (C=O) groups is 20. The predicted octanol–water partition coefficient (Wildman–Crippen LogP) is -9.17. The molecule has 0 heterocycles. The predicted molar refractivity (Wildman–Crippen MR) is 526 cm³/mol. The maximum atomic E-state index is 14.7. The first-order valence-corrected chi connectivity index (χ1v) is 48.7. The van der Waals surface area contributed by atoms with E-state index in [1.54, 1.807) is 78.1 Å². The van der Waals surface area contributed by atoms with Crippen molar-refractivity contribution in [2.75, 3.05) is 51.5 Å². The van der Waals surface area contributed by atoms with Gasteiger partial charge in [0.25, 0.3) is 0 Å². The summed E-state index contributed by atoms with van der Waals surface area (Å²) in [5.74, 6) is -23.8. The van der Waals surface area contributed by atoms with E-state index in [-0.39, 0.29) is 125 Å². The Bertz CT molecular complexity index is 4660. The van der Waals surface area contributed by atoms with E-state index in [1.165, 1.54) is 49.9 Å². The zero-order chi connectivity index (χ0) is 110. The number of nitrogens with two attached hydrogens (primary N) is 3. The van der Waals surface area contributed by atoms with Crippen LogP contribution in [0.1, 0.15) is 171 Å². The lowest BCUT2D eigenvalue weighted by Crippen LogP contribution is -2.63. The Labute approximate surface area is 843 Å². The largest absolute Gasteiger partial charge is 0.508 e. The highest BCUT2D eigenvalue weighted by molar-refractivity contribution is 7.98. The number of guanidine groups is 2. The van der Waals surface area contributed by atoms with Gasteiger partial charge in [0.05, 0.1) is 38.4 Å². The number of nitrogens with one attached hydrogen (secondary N) is 22. The monoisotopic (exact) mass is 2070 g/mol. The van der Waals surface area contributed by atoms with E-state index >= 15 is 0 Å². The van der Waals surface area contributed by atoms with E-state index in [1.807, 2.05) is 0 Å². The van der Waals surface area contributed by atoms with Crippen LogP contribution in [0.25, 0.3) is 0 Å². The topological polar surface area (TPSA) is 870 Å². The number of aliphatic hydroxyl groups is 5. The van der Waals surface area contributed by atoms with Gasteiger partial charge < -0.3 is 164 Å². The van der Waals surface area contributed by atoms with E-state index < -0.39 is 284 Å². The molecule has 2 aromatic rings. The molecule has 53 nitrogen and oxygen atoms in total. The Morgan fingerprint density at radius 1 is 0.338 bits per heavy atom. The van der Waals surface area contributed by atoms with Crippen molar-refractivity contribution in [3.8, 4) is 5.75 Å². The number of aliphatic hydroxyl groups excluding tert-OH is 5. The quantitative estimate of drug-likeness (QED) is 0.0166. The number of aromatic hydroxyl groups is 1. The first-order chi connectivity index (χ1) is 68.1. The number of rotatable bonds is 68. The van der Waals surface area contributed by atoms with Crippen molar-refractivity contribution < 1.29 is 137 Å². The average Bonchev–Trinajstić information content (AvgIpc) is 0.853. The Balaban J connectivity index is 2.42. The van der Waals surface area contributed by atoms with Gasteiger partial charge in [0.15, 0.2) is 11.9 Å². The molecular formula is C91H149N25O28S. The third-order valence-corrected chi connectivity index (χ3v) is 22.5. The molecule has 812 valence electrons. The molecule has 2 aromatic carbocycles. The third kappa shape index (κ3) is 49.0. The van der Waals surface area contributed by atoms with Crippen LogP contribution in [-0.2, 0) is 109 Å². The lowest BCUT2D eigenvalue weighted by molar-refractivity contribution is -0.144. The molecule has 36 N–H and O–H groups in total. The van der Waals surface area contributed by atoms with Gasteiger partial charge in [0, 0.05) is 32.9 Å². The number of amides is 18. The molecule has 0 aromatic heterocycles. The molecule has 0 aliphatic rings. The fourth-order valence-electron chi connectivity index (χ4n) is 14.1. The first-order valence-electron chi connectivity index (χ1n) is 47.3. The van der Waals surface area contributed by atoms with E-state index in [0.717, 1.165) is 27.7 Å². The van der Waals surface area contributed by atoms with Crippen molar-refractivity contribution in [1.29, 1.82) is 10.8 Å². The number of carboxylic acids is 2. The van der Waals surface area contributed by atoms with E-state index in [4.69, 9.17) is 28.0 Å². The molecule has 0 radical (unpaired) electrons. The van der Waals surface area contributed by atoms with Gasteiger partial charge in [-0.3, -0.25) is 102 Å². The number of hydrogen-bond acceptors (Lipinski definition) is 30. The number of aliphatic carboxylic acids is 2. The van der Waals surface area contributed by atoms with Gasteiger partial charge in [-0.2, -0.15) is 11.8 Å². The van der Waals surface area contributed by atoms with Crippen LogP contribution in [0.3, 0.4) is 0 Å². The Morgan fingerprint density at radius 3 is 1.01 bits per heavy atom. The third-order valence-electron chi connectivity index (χ3n) is 21.9. The zero-order valence-electron chi connectivity index (χ0n) is 83.7. The van der Waals surface area contributed by atoms with Gasteiger partial charge in [-0.15, -0.1) is 0 Å². The fourth-order valence-corrected chi connectivity index (χ4v) is 14.6. The van der Waals surface area contributed by atoms with Crippen molar-refractivity contribution in [2.45, 2.75) is 294 Å². The number of phenolic OH excluding ortho intramolecular Hbond substituents is 1. The normalized spacial score (nSPS) is 15.3. The zero-order valence-corrected chi connectivity index (χ0v) is 84.5. The van der Waals surface area contributed by atoms with E-state index in [0.29, 0.717) is 12.0 Å². The molecule has 20 unspecified atom stereocenters. The fraction of sp³-hybridized carbons (Fsp3) is 0.626. The van der Waals surface area contributed by atoms with Crippen LogP contribution in [0.4, 0.5) is 0 Å². The lowest BCUT2D eigenvalue weighted by Gasteiger charge is -2.29. The standard InChI is InChI=1S/C91H149N25O28S/c1-44(2)35-60(107-77(131)57(23-17-18-31-92)103-79(133)61(36-45(3)4)108-85(139)67(42-118)113-76(130)56(102-52(12)122)24-19-32-97-90(93)94)80(134)104-58(30-34-145-13)75(129)99-49(9)74(128)115-70(50(10)120)87(141)110-62(37-46(5)6)81(135)109-64(38-53-21-15-14-16-22-53)82(136)114-68(43-119)86(140)116-71(51(11)121)88(142)111-63(39-54-26-28-55(123)29-27-54)78(132)100-48(8)73(127)112-66(41-117)84(138)101-47(7)72(126)106-65(40-69(124)125)83(137)105-59(89(143)144)25-20-33-98-91(95)96/h14-16,21-22,26-29,44-51,56-68,70-71,117-121,123H,17-20,23-25,30-43,92H2,1-13H3,(H,99,129)(H,100,132)(H,101,138)(H,102,122)(H,103,133)(H,104,134)(H,105,137)(H,106,126)(H,107,131)(H,108,139)(H,109,135)(H,110,141)(H,111,142)(H,112,127)(H,113,130)(H,114,136)(H,115,128)(H,116,140)(H,124,125)(H,143,144)(H4,93,94,97)(H4,95,96,98). The number of unbranched alkanes of at least 4 members (excludes halogenated alkanes) is 1. The summed E-state index contributed by atoms with van der Waals surface area (Å²) in [6, 6.07) is -16.4. The summed E-state index contributed by atoms with van der Waals surface area (Å²) in [6.45, 7) is 14.1. The van der Waals surface area contributed by atoms with Gasteiger partial charge in [0.1, 0.15) is 115 Å². The number of phenols is 1. The van der Waals surface area contributed by atoms with Crippen molar-refractivity contribution in [3.63, 3.8) is 0 Å². The first kappa shape index (κ1) is 127. The molecule has 0 aliphatic heterocycles. The summed E-state index contributed by atoms with van der Waals surface area (Å²) in [7, 11) is 0. The van der Waals surface area contributed by atoms with Gasteiger partial charge >= 0.3 is 11.9 Å². The maximum Gasteiger partial charge on any atom is 0.326 e. The smallest absolute Gasteiger partial charge is 0.326 e. The lowest BCUT2D eigenvalue weighted by atomic mass is 10.00. The number of thioether (sulfide) groups is 1. The summed E-state index contributed by atoms with van der Waals surface area (Å²) in [5.41, 5.74) is 17.1. The van der Waals surface area contributed by atoms with E-state index in [9.17, 15) is 137 Å². The van der Waals surface area contributed by atoms with Crippen LogP contribution in [0, 0.1) is 28.6 Å². The Morgan fingerprint density at radius 2 is 0.628 bits per heavy atom. The number of hydrogen-bond donors (Lipinski definition) is 33. The summed E-state index contributed by atoms with van der Waals surface area (Å²) in [6.07, 6.45) is -3.25. The molecule has 0 saturated heterocycles. The SMILES string of the molecule is CSCCC(NC(=O)C(CC(C)C)NC(=O)C(CCCCN)NC(=O)C(CC(C)C)NC(=O)C(CO)NC(=O)C(CCCNC(=N)N)NC(C)=O)C(=O)NC(C)C(=O)NC(C(=O)NC(CC(C)C)C(=O)NC(Cc1ccccc1)C(=O)NC(CO)C(=O)NC(C(=O)NC(Cc1ccc(O)cc1)C(=O)NC(C)C(=O)NC(CO)C(=O)NC(C)C(=O)NC(CC(=O)O)C(=O)NC(CCCNC(=N)N)C(=O)O)C(C)O)C(C)O. The second-order valence-electron chi connectivity index (χ2n) is 36.1. The van der Waals surface area contributed by atoms with Crippen molar-refractivity contribution in [1.82, 2.24) is 106 Å². The second-order valence-corrected chi connectivity index (χ2v) is 37.1. The molecule has 145 heavy (non-hydrogen) atoms. The summed E-state index contributed by atoms with van der Waals surface area (Å²) >= 11 is 1.29. The molecule has 0 fully saturated rings. The van der Waals surface area contributed by atoms with Crippen LogP contribution < -0.4 is 124 Å².